The maximum Gasteiger partial charge on any atom is 0.314 e. The lowest BCUT2D eigenvalue weighted by atomic mass is 9.95. The Balaban J connectivity index is 2.89. The number of carbonyl (C=O) groups is 1. The quantitative estimate of drug-likeness (QED) is 0.781. The molecule has 0 aliphatic rings. The van der Waals surface area contributed by atoms with Crippen LogP contribution < -0.4 is 15.2 Å². The van der Waals surface area contributed by atoms with Crippen LogP contribution in [0.25, 0.3) is 0 Å². The van der Waals surface area contributed by atoms with Crippen molar-refractivity contribution < 1.29 is 19.0 Å². The number of nitrogens with two attached hydrogens (primary N) is 1. The molecular weight excluding hydrogens is 270 g/mol. The minimum atomic E-state index is -0.708. The number of carbonyl (C=O) groups excluding carboxylic acids is 1. The Morgan fingerprint density at radius 3 is 2.52 bits per heavy atom. The van der Waals surface area contributed by atoms with Crippen LogP contribution in [0.15, 0.2) is 18.2 Å². The molecule has 1 aromatic rings. The molecule has 0 heterocycles. The fraction of sp³-hybridized carbons (Fsp3) is 0.562. The summed E-state index contributed by atoms with van der Waals surface area (Å²) in [6.07, 6.45) is 0.672. The molecule has 5 heteroatoms. The predicted octanol–water partition coefficient (Wildman–Crippen LogP) is 2.16. The molecule has 0 amide bonds. The number of rotatable bonds is 7. The maximum atomic E-state index is 11.7. The first-order chi connectivity index (χ1) is 9.80. The molecular formula is C16H25NO4. The Kier molecular flexibility index (Phi) is 6.03. The van der Waals surface area contributed by atoms with Crippen molar-refractivity contribution in [2.75, 3.05) is 20.8 Å². The van der Waals surface area contributed by atoms with Crippen molar-refractivity contribution in [2.45, 2.75) is 33.2 Å². The van der Waals surface area contributed by atoms with Gasteiger partial charge in [-0.2, -0.15) is 0 Å². The summed E-state index contributed by atoms with van der Waals surface area (Å²) in [5, 5.41) is 0. The van der Waals surface area contributed by atoms with Gasteiger partial charge in [-0.05, 0) is 51.0 Å². The number of esters is 1. The van der Waals surface area contributed by atoms with Gasteiger partial charge in [0.05, 0.1) is 19.6 Å². The number of benzene rings is 1. The third kappa shape index (κ3) is 4.93. The molecule has 5 nitrogen and oxygen atoms in total. The van der Waals surface area contributed by atoms with Crippen LogP contribution in [0.5, 0.6) is 11.5 Å². The van der Waals surface area contributed by atoms with Crippen LogP contribution in [0.4, 0.5) is 0 Å². The number of hydrogen-bond donors (Lipinski definition) is 1. The van der Waals surface area contributed by atoms with Gasteiger partial charge < -0.3 is 19.9 Å². The Morgan fingerprint density at radius 1 is 1.33 bits per heavy atom. The van der Waals surface area contributed by atoms with Crippen LogP contribution in [0.1, 0.15) is 26.3 Å². The summed E-state index contributed by atoms with van der Waals surface area (Å²) in [7, 11) is 2.99. The van der Waals surface area contributed by atoms with E-state index < -0.39 is 5.41 Å². The SMILES string of the molecule is COC(=O)C(C)(C)COc1ccc(OC)cc1CC(C)N. The number of methoxy groups -OCH3 is 2. The molecule has 118 valence electrons. The van der Waals surface area contributed by atoms with Crippen molar-refractivity contribution in [3.63, 3.8) is 0 Å². The van der Waals surface area contributed by atoms with Gasteiger partial charge in [-0.3, -0.25) is 4.79 Å². The molecule has 0 saturated carbocycles. The third-order valence-electron chi connectivity index (χ3n) is 3.14. The molecule has 1 aromatic carbocycles. The summed E-state index contributed by atoms with van der Waals surface area (Å²) in [6, 6.07) is 5.58. The fourth-order valence-corrected chi connectivity index (χ4v) is 1.92. The summed E-state index contributed by atoms with van der Waals surface area (Å²) in [6.45, 7) is 5.74. The number of ether oxygens (including phenoxy) is 3. The van der Waals surface area contributed by atoms with E-state index in [2.05, 4.69) is 0 Å². The lowest BCUT2D eigenvalue weighted by Gasteiger charge is -2.23. The van der Waals surface area contributed by atoms with Crippen LogP contribution in [0, 0.1) is 5.41 Å². The van der Waals surface area contributed by atoms with E-state index in [1.165, 1.54) is 7.11 Å². The van der Waals surface area contributed by atoms with Gasteiger partial charge in [-0.25, -0.2) is 0 Å². The second-order valence-electron chi connectivity index (χ2n) is 5.82. The highest BCUT2D eigenvalue weighted by molar-refractivity contribution is 5.75. The Hall–Kier alpha value is -1.75. The summed E-state index contributed by atoms with van der Waals surface area (Å²) in [4.78, 5) is 11.7. The Labute approximate surface area is 126 Å². The van der Waals surface area contributed by atoms with E-state index >= 15 is 0 Å². The van der Waals surface area contributed by atoms with Crippen LogP contribution in [0.3, 0.4) is 0 Å². The molecule has 1 unspecified atom stereocenters. The molecule has 0 aromatic heterocycles. The molecule has 21 heavy (non-hydrogen) atoms. The molecule has 0 spiro atoms. The van der Waals surface area contributed by atoms with E-state index in [0.29, 0.717) is 12.2 Å². The smallest absolute Gasteiger partial charge is 0.314 e. The fourth-order valence-electron chi connectivity index (χ4n) is 1.92. The zero-order valence-corrected chi connectivity index (χ0v) is 13.4. The molecule has 0 radical (unpaired) electrons. The van der Waals surface area contributed by atoms with Gasteiger partial charge in [0.15, 0.2) is 0 Å². The van der Waals surface area contributed by atoms with E-state index in [1.54, 1.807) is 21.0 Å². The minimum Gasteiger partial charge on any atom is -0.497 e. The minimum absolute atomic E-state index is 0.00748. The summed E-state index contributed by atoms with van der Waals surface area (Å²) < 4.78 is 15.8. The highest BCUT2D eigenvalue weighted by Crippen LogP contribution is 2.27. The zero-order chi connectivity index (χ0) is 16.0. The highest BCUT2D eigenvalue weighted by atomic mass is 16.5. The summed E-state index contributed by atoms with van der Waals surface area (Å²) in [5.41, 5.74) is 6.12. The molecule has 1 atom stereocenters. The van der Waals surface area contributed by atoms with Crippen LogP contribution in [0.2, 0.25) is 0 Å². The second kappa shape index (κ2) is 7.31. The maximum absolute atomic E-state index is 11.7. The van der Waals surface area contributed by atoms with Crippen LogP contribution in [-0.4, -0.2) is 32.8 Å². The first kappa shape index (κ1) is 17.3. The molecule has 0 aliphatic carbocycles. The largest absolute Gasteiger partial charge is 0.497 e. The topological polar surface area (TPSA) is 70.8 Å². The van der Waals surface area contributed by atoms with E-state index in [0.717, 1.165) is 11.3 Å². The van der Waals surface area contributed by atoms with Crippen LogP contribution in [-0.2, 0) is 16.0 Å². The molecule has 1 rings (SSSR count). The van der Waals surface area contributed by atoms with Gasteiger partial charge in [0.2, 0.25) is 0 Å². The molecule has 0 aliphatic heterocycles. The normalized spacial score (nSPS) is 12.7. The molecule has 0 bridgehead atoms. The van der Waals surface area contributed by atoms with Gasteiger partial charge in [-0.15, -0.1) is 0 Å². The van der Waals surface area contributed by atoms with Crippen molar-refractivity contribution >= 4 is 5.97 Å². The predicted molar refractivity (Wildman–Crippen MR) is 81.6 cm³/mol. The zero-order valence-electron chi connectivity index (χ0n) is 13.4. The lowest BCUT2D eigenvalue weighted by molar-refractivity contribution is -0.152. The molecule has 2 N–H and O–H groups in total. The van der Waals surface area contributed by atoms with E-state index in [-0.39, 0.29) is 18.6 Å². The Morgan fingerprint density at radius 2 is 2.00 bits per heavy atom. The average molecular weight is 295 g/mol. The van der Waals surface area contributed by atoms with Gasteiger partial charge in [0.1, 0.15) is 18.1 Å². The van der Waals surface area contributed by atoms with Crippen LogP contribution >= 0.6 is 0 Å². The average Bonchev–Trinajstić information content (AvgIpc) is 2.44. The molecule has 0 fully saturated rings. The lowest BCUT2D eigenvalue weighted by Crippen LogP contribution is -2.32. The standard InChI is InChI=1S/C16H25NO4/c1-11(17)8-12-9-13(19-4)6-7-14(12)21-10-16(2,3)15(18)20-5/h6-7,9,11H,8,10,17H2,1-5H3. The Bertz CT molecular complexity index is 483. The van der Waals surface area contributed by atoms with Crippen molar-refractivity contribution in [1.82, 2.24) is 0 Å². The monoisotopic (exact) mass is 295 g/mol. The van der Waals surface area contributed by atoms with Gasteiger partial charge >= 0.3 is 5.97 Å². The highest BCUT2D eigenvalue weighted by Gasteiger charge is 2.30. The summed E-state index contributed by atoms with van der Waals surface area (Å²) >= 11 is 0. The van der Waals surface area contributed by atoms with E-state index in [9.17, 15) is 4.79 Å². The first-order valence-corrected chi connectivity index (χ1v) is 6.94. The van der Waals surface area contributed by atoms with Crippen molar-refractivity contribution in [3.05, 3.63) is 23.8 Å². The summed E-state index contributed by atoms with van der Waals surface area (Å²) in [5.74, 6) is 1.17. The van der Waals surface area contributed by atoms with Gasteiger partial charge in [-0.1, -0.05) is 0 Å². The molecule has 0 saturated heterocycles. The van der Waals surface area contributed by atoms with Crippen molar-refractivity contribution in [1.29, 1.82) is 0 Å². The van der Waals surface area contributed by atoms with E-state index in [1.807, 2.05) is 25.1 Å². The van der Waals surface area contributed by atoms with Crippen molar-refractivity contribution in [2.24, 2.45) is 11.1 Å². The second-order valence-corrected chi connectivity index (χ2v) is 5.82. The first-order valence-electron chi connectivity index (χ1n) is 6.94. The van der Waals surface area contributed by atoms with Crippen molar-refractivity contribution in [3.8, 4) is 11.5 Å². The van der Waals surface area contributed by atoms with E-state index in [4.69, 9.17) is 19.9 Å². The third-order valence-corrected chi connectivity index (χ3v) is 3.14. The van der Waals surface area contributed by atoms with Gasteiger partial charge in [0.25, 0.3) is 0 Å². The van der Waals surface area contributed by atoms with Gasteiger partial charge in [0, 0.05) is 6.04 Å². The number of hydrogen-bond acceptors (Lipinski definition) is 5.